The zero-order chi connectivity index (χ0) is 16.4. The van der Waals surface area contributed by atoms with Crippen molar-refractivity contribution in [3.63, 3.8) is 0 Å². The van der Waals surface area contributed by atoms with E-state index in [-0.39, 0.29) is 6.29 Å². The fourth-order valence-corrected chi connectivity index (χ4v) is 3.75. The molecule has 4 nitrogen and oxygen atoms in total. The van der Waals surface area contributed by atoms with Gasteiger partial charge in [-0.1, -0.05) is 24.3 Å². The van der Waals surface area contributed by atoms with Gasteiger partial charge in [-0.3, -0.25) is 0 Å². The van der Waals surface area contributed by atoms with Crippen LogP contribution in [0.15, 0.2) is 48.5 Å². The first-order chi connectivity index (χ1) is 11.8. The largest absolute Gasteiger partial charge is 0.508 e. The Morgan fingerprint density at radius 1 is 0.833 bits per heavy atom. The van der Waals surface area contributed by atoms with Gasteiger partial charge in [0.25, 0.3) is 0 Å². The molecule has 4 heteroatoms. The second-order valence-electron chi connectivity index (χ2n) is 6.48. The molecule has 1 N–H and O–H groups in total. The average molecular weight is 325 g/mol. The summed E-state index contributed by atoms with van der Waals surface area (Å²) in [5, 5.41) is 9.44. The van der Waals surface area contributed by atoms with E-state index in [0.29, 0.717) is 24.9 Å². The standard InChI is InChI=1S/C20H23NO3/c22-17-7-5-16(6-8-17)21-11-9-15(10-12-21)18-3-1-2-4-19(18)20-23-13-14-24-20/h1-8,15,20,22H,9-14H2. The molecule has 2 aromatic carbocycles. The van der Waals surface area contributed by atoms with Gasteiger partial charge in [0.05, 0.1) is 13.2 Å². The van der Waals surface area contributed by atoms with Crippen LogP contribution in [0, 0.1) is 0 Å². The van der Waals surface area contributed by atoms with Crippen molar-refractivity contribution in [1.82, 2.24) is 0 Å². The Morgan fingerprint density at radius 2 is 1.46 bits per heavy atom. The van der Waals surface area contributed by atoms with Gasteiger partial charge in [0, 0.05) is 24.3 Å². The monoisotopic (exact) mass is 325 g/mol. The molecule has 0 bridgehead atoms. The number of phenolic OH excluding ortho intramolecular Hbond substituents is 1. The predicted molar refractivity (Wildman–Crippen MR) is 93.4 cm³/mol. The predicted octanol–water partition coefficient (Wildman–Crippen LogP) is 3.82. The summed E-state index contributed by atoms with van der Waals surface area (Å²) < 4.78 is 11.4. The van der Waals surface area contributed by atoms with Crippen LogP contribution in [0.2, 0.25) is 0 Å². The molecule has 0 amide bonds. The average Bonchev–Trinajstić information content (AvgIpc) is 3.17. The van der Waals surface area contributed by atoms with Crippen LogP contribution in [0.1, 0.15) is 36.2 Å². The maximum Gasteiger partial charge on any atom is 0.184 e. The quantitative estimate of drug-likeness (QED) is 0.931. The summed E-state index contributed by atoms with van der Waals surface area (Å²) in [6, 6.07) is 16.0. The lowest BCUT2D eigenvalue weighted by Crippen LogP contribution is -2.33. The fourth-order valence-electron chi connectivity index (χ4n) is 3.75. The minimum Gasteiger partial charge on any atom is -0.508 e. The summed E-state index contributed by atoms with van der Waals surface area (Å²) in [6.45, 7) is 3.41. The molecule has 0 radical (unpaired) electrons. The van der Waals surface area contributed by atoms with Crippen LogP contribution in [0.4, 0.5) is 5.69 Å². The van der Waals surface area contributed by atoms with Crippen LogP contribution in [0.25, 0.3) is 0 Å². The Kier molecular flexibility index (Phi) is 4.41. The highest BCUT2D eigenvalue weighted by atomic mass is 16.7. The smallest absolute Gasteiger partial charge is 0.184 e. The summed E-state index contributed by atoms with van der Waals surface area (Å²) in [5.74, 6) is 0.862. The van der Waals surface area contributed by atoms with Crippen molar-refractivity contribution in [2.24, 2.45) is 0 Å². The third-order valence-corrected chi connectivity index (χ3v) is 5.02. The Morgan fingerprint density at radius 3 is 2.12 bits per heavy atom. The van der Waals surface area contributed by atoms with Gasteiger partial charge < -0.3 is 19.5 Å². The molecule has 2 aromatic rings. The van der Waals surface area contributed by atoms with Crippen molar-refractivity contribution in [2.75, 3.05) is 31.2 Å². The summed E-state index contributed by atoms with van der Waals surface area (Å²) in [5.41, 5.74) is 3.75. The molecule has 2 aliphatic heterocycles. The second-order valence-corrected chi connectivity index (χ2v) is 6.48. The van der Waals surface area contributed by atoms with Gasteiger partial charge in [0.1, 0.15) is 5.75 Å². The number of nitrogens with zero attached hydrogens (tertiary/aromatic N) is 1. The van der Waals surface area contributed by atoms with E-state index >= 15 is 0 Å². The molecule has 4 rings (SSSR count). The molecule has 126 valence electrons. The number of benzene rings is 2. The molecule has 0 saturated carbocycles. The number of ether oxygens (including phenoxy) is 2. The van der Waals surface area contributed by atoms with Crippen molar-refractivity contribution >= 4 is 5.69 Å². The van der Waals surface area contributed by atoms with Gasteiger partial charge in [-0.15, -0.1) is 0 Å². The molecule has 0 spiro atoms. The lowest BCUT2D eigenvalue weighted by molar-refractivity contribution is -0.0449. The number of aromatic hydroxyl groups is 1. The number of phenols is 1. The number of rotatable bonds is 3. The van der Waals surface area contributed by atoms with Crippen molar-refractivity contribution in [3.05, 3.63) is 59.7 Å². The molecule has 2 aliphatic rings. The van der Waals surface area contributed by atoms with Crippen molar-refractivity contribution in [1.29, 1.82) is 0 Å². The first-order valence-corrected chi connectivity index (χ1v) is 8.67. The Labute approximate surface area is 142 Å². The van der Waals surface area contributed by atoms with E-state index in [1.165, 1.54) is 16.8 Å². The van der Waals surface area contributed by atoms with Crippen LogP contribution < -0.4 is 4.90 Å². The van der Waals surface area contributed by atoms with E-state index < -0.39 is 0 Å². The van der Waals surface area contributed by atoms with E-state index in [9.17, 15) is 5.11 Å². The number of piperidine rings is 1. The SMILES string of the molecule is Oc1ccc(N2CCC(c3ccccc3C3OCCO3)CC2)cc1. The maximum absolute atomic E-state index is 9.44. The molecule has 2 saturated heterocycles. The van der Waals surface area contributed by atoms with E-state index in [1.807, 2.05) is 12.1 Å². The Bertz CT molecular complexity index is 672. The van der Waals surface area contributed by atoms with Crippen molar-refractivity contribution in [3.8, 4) is 5.75 Å². The van der Waals surface area contributed by atoms with Crippen LogP contribution in [-0.4, -0.2) is 31.4 Å². The molecular formula is C20H23NO3. The van der Waals surface area contributed by atoms with Gasteiger partial charge in [0.15, 0.2) is 6.29 Å². The van der Waals surface area contributed by atoms with Crippen LogP contribution in [0.3, 0.4) is 0 Å². The highest BCUT2D eigenvalue weighted by Gasteiger charge is 2.27. The summed E-state index contributed by atoms with van der Waals surface area (Å²) in [7, 11) is 0. The van der Waals surface area contributed by atoms with E-state index in [0.717, 1.165) is 25.9 Å². The molecule has 2 fully saturated rings. The maximum atomic E-state index is 9.44. The number of hydrogen-bond donors (Lipinski definition) is 1. The zero-order valence-corrected chi connectivity index (χ0v) is 13.7. The molecule has 24 heavy (non-hydrogen) atoms. The molecule has 2 heterocycles. The minimum atomic E-state index is -0.198. The third-order valence-electron chi connectivity index (χ3n) is 5.02. The van der Waals surface area contributed by atoms with Crippen LogP contribution >= 0.6 is 0 Å². The van der Waals surface area contributed by atoms with Gasteiger partial charge in [-0.05, 0) is 48.6 Å². The highest BCUT2D eigenvalue weighted by molar-refractivity contribution is 5.49. The lowest BCUT2D eigenvalue weighted by atomic mass is 9.86. The normalized spacial score (nSPS) is 19.8. The summed E-state index contributed by atoms with van der Waals surface area (Å²) >= 11 is 0. The molecular weight excluding hydrogens is 302 g/mol. The van der Waals surface area contributed by atoms with Crippen LogP contribution in [0.5, 0.6) is 5.75 Å². The Balaban J connectivity index is 1.47. The van der Waals surface area contributed by atoms with Crippen LogP contribution in [-0.2, 0) is 9.47 Å². The number of anilines is 1. The topological polar surface area (TPSA) is 41.9 Å². The molecule has 0 aromatic heterocycles. The highest BCUT2D eigenvalue weighted by Crippen LogP contribution is 2.36. The van der Waals surface area contributed by atoms with E-state index in [4.69, 9.17) is 9.47 Å². The van der Waals surface area contributed by atoms with Gasteiger partial charge in [-0.25, -0.2) is 0 Å². The van der Waals surface area contributed by atoms with Crippen molar-refractivity contribution < 1.29 is 14.6 Å². The number of hydrogen-bond acceptors (Lipinski definition) is 4. The molecule has 0 atom stereocenters. The first kappa shape index (κ1) is 15.5. The molecule has 0 unspecified atom stereocenters. The summed E-state index contributed by atoms with van der Waals surface area (Å²) in [4.78, 5) is 2.39. The van der Waals surface area contributed by atoms with E-state index in [1.54, 1.807) is 12.1 Å². The Hall–Kier alpha value is -2.04. The minimum absolute atomic E-state index is 0.198. The third kappa shape index (κ3) is 3.12. The van der Waals surface area contributed by atoms with Gasteiger partial charge >= 0.3 is 0 Å². The molecule has 0 aliphatic carbocycles. The van der Waals surface area contributed by atoms with Gasteiger partial charge in [-0.2, -0.15) is 0 Å². The zero-order valence-electron chi connectivity index (χ0n) is 13.7. The first-order valence-electron chi connectivity index (χ1n) is 8.67. The summed E-state index contributed by atoms with van der Waals surface area (Å²) in [6.07, 6.45) is 2.03. The lowest BCUT2D eigenvalue weighted by Gasteiger charge is -2.35. The van der Waals surface area contributed by atoms with Crippen molar-refractivity contribution in [2.45, 2.75) is 25.0 Å². The van der Waals surface area contributed by atoms with Gasteiger partial charge in [0.2, 0.25) is 0 Å². The van der Waals surface area contributed by atoms with E-state index in [2.05, 4.69) is 29.2 Å². The fraction of sp³-hybridized carbons (Fsp3) is 0.400. The second kappa shape index (κ2) is 6.83.